The Balaban J connectivity index is 1.82. The van der Waals surface area contributed by atoms with E-state index >= 15 is 0 Å². The zero-order valence-electron chi connectivity index (χ0n) is 9.54. The summed E-state index contributed by atoms with van der Waals surface area (Å²) in [5.74, 6) is 0.312. The zero-order valence-corrected chi connectivity index (χ0v) is 10.4. The van der Waals surface area contributed by atoms with Crippen LogP contribution in [0.2, 0.25) is 0 Å². The van der Waals surface area contributed by atoms with Crippen molar-refractivity contribution in [1.29, 1.82) is 0 Å². The van der Waals surface area contributed by atoms with Gasteiger partial charge in [-0.15, -0.1) is 11.3 Å². The summed E-state index contributed by atoms with van der Waals surface area (Å²) < 4.78 is 0. The number of thiazole rings is 1. The Morgan fingerprint density at radius 2 is 2.24 bits per heavy atom. The van der Waals surface area contributed by atoms with Crippen molar-refractivity contribution < 1.29 is 5.11 Å². The van der Waals surface area contributed by atoms with Gasteiger partial charge in [0.1, 0.15) is 0 Å². The van der Waals surface area contributed by atoms with Crippen molar-refractivity contribution in [2.45, 2.75) is 25.4 Å². The van der Waals surface area contributed by atoms with Crippen LogP contribution in [-0.2, 0) is 12.8 Å². The Labute approximate surface area is 105 Å². The molecule has 0 radical (unpaired) electrons. The second-order valence-electron chi connectivity index (χ2n) is 4.63. The van der Waals surface area contributed by atoms with Crippen LogP contribution in [0.15, 0.2) is 35.2 Å². The maximum atomic E-state index is 10.4. The van der Waals surface area contributed by atoms with Crippen molar-refractivity contribution in [3.8, 4) is 0 Å². The zero-order chi connectivity index (χ0) is 11.7. The largest absolute Gasteiger partial charge is 0.388 e. The van der Waals surface area contributed by atoms with Gasteiger partial charge in [0.25, 0.3) is 0 Å². The van der Waals surface area contributed by atoms with Gasteiger partial charge in [0, 0.05) is 5.38 Å². The fourth-order valence-electron chi connectivity index (χ4n) is 2.62. The average Bonchev–Trinajstić information content (AvgIpc) is 2.86. The van der Waals surface area contributed by atoms with Crippen molar-refractivity contribution in [2.75, 3.05) is 0 Å². The molecule has 17 heavy (non-hydrogen) atoms. The highest BCUT2D eigenvalue weighted by Gasteiger charge is 2.27. The first-order valence-corrected chi connectivity index (χ1v) is 6.92. The number of aromatic nitrogens is 1. The number of aryl methyl sites for hydroxylation is 1. The lowest BCUT2D eigenvalue weighted by Crippen LogP contribution is -2.22. The summed E-state index contributed by atoms with van der Waals surface area (Å²) in [5, 5.41) is 12.5. The molecule has 0 bridgehead atoms. The molecule has 0 aliphatic heterocycles. The third kappa shape index (κ3) is 2.13. The topological polar surface area (TPSA) is 33.1 Å². The molecule has 2 aromatic rings. The molecular formula is C14H15NOS. The molecule has 2 unspecified atom stereocenters. The Hall–Kier alpha value is -1.19. The van der Waals surface area contributed by atoms with Gasteiger partial charge in [0.2, 0.25) is 0 Å². The molecule has 1 heterocycles. The Morgan fingerprint density at radius 3 is 3.06 bits per heavy atom. The molecule has 0 spiro atoms. The number of hydrogen-bond acceptors (Lipinski definition) is 3. The van der Waals surface area contributed by atoms with Crippen LogP contribution in [0, 0.1) is 5.92 Å². The van der Waals surface area contributed by atoms with E-state index in [1.165, 1.54) is 5.56 Å². The number of fused-ring (bicyclic) bond motifs is 1. The van der Waals surface area contributed by atoms with E-state index in [4.69, 9.17) is 0 Å². The minimum absolute atomic E-state index is 0.312. The van der Waals surface area contributed by atoms with Crippen LogP contribution in [0.1, 0.15) is 29.3 Å². The molecule has 1 aromatic carbocycles. The maximum Gasteiger partial charge on any atom is 0.0824 e. The summed E-state index contributed by atoms with van der Waals surface area (Å²) in [5.41, 5.74) is 5.38. The molecule has 1 aromatic heterocycles. The molecule has 0 saturated heterocycles. The van der Waals surface area contributed by atoms with E-state index in [0.29, 0.717) is 5.92 Å². The smallest absolute Gasteiger partial charge is 0.0824 e. The quantitative estimate of drug-likeness (QED) is 0.882. The number of benzene rings is 1. The van der Waals surface area contributed by atoms with Gasteiger partial charge in [0.05, 0.1) is 17.3 Å². The summed E-state index contributed by atoms with van der Waals surface area (Å²) in [7, 11) is 0. The van der Waals surface area contributed by atoms with Crippen molar-refractivity contribution in [2.24, 2.45) is 5.92 Å². The van der Waals surface area contributed by atoms with Crippen molar-refractivity contribution in [1.82, 2.24) is 4.98 Å². The number of rotatable bonds is 2. The van der Waals surface area contributed by atoms with Gasteiger partial charge in [0.15, 0.2) is 0 Å². The average molecular weight is 245 g/mol. The summed E-state index contributed by atoms with van der Waals surface area (Å²) in [6.45, 7) is 0. The molecule has 0 fully saturated rings. The highest BCUT2D eigenvalue weighted by atomic mass is 32.1. The standard InChI is InChI=1S/C14H15NOS/c16-14-11(7-12-8-17-9-15-12)6-5-10-3-1-2-4-13(10)14/h1-4,8-9,11,14,16H,5-7H2. The normalized spacial score (nSPS) is 23.4. The molecule has 88 valence electrons. The number of aliphatic hydroxyl groups excluding tert-OH is 1. The number of nitrogens with zero attached hydrogens (tertiary/aromatic N) is 1. The third-order valence-electron chi connectivity index (χ3n) is 3.56. The summed E-state index contributed by atoms with van der Waals surface area (Å²) in [4.78, 5) is 4.31. The summed E-state index contributed by atoms with van der Waals surface area (Å²) >= 11 is 1.62. The van der Waals surface area contributed by atoms with Crippen molar-refractivity contribution >= 4 is 11.3 Å². The van der Waals surface area contributed by atoms with E-state index in [1.807, 2.05) is 23.7 Å². The van der Waals surface area contributed by atoms with Crippen molar-refractivity contribution in [3.63, 3.8) is 0 Å². The Bertz CT molecular complexity index is 495. The van der Waals surface area contributed by atoms with E-state index in [2.05, 4.69) is 16.4 Å². The van der Waals surface area contributed by atoms with Gasteiger partial charge in [-0.1, -0.05) is 24.3 Å². The van der Waals surface area contributed by atoms with Gasteiger partial charge in [-0.3, -0.25) is 0 Å². The van der Waals surface area contributed by atoms with E-state index in [9.17, 15) is 5.11 Å². The lowest BCUT2D eigenvalue weighted by molar-refractivity contribution is 0.0932. The Morgan fingerprint density at radius 1 is 1.35 bits per heavy atom. The van der Waals surface area contributed by atoms with Crippen LogP contribution in [0.4, 0.5) is 0 Å². The van der Waals surface area contributed by atoms with Crippen LogP contribution in [0.5, 0.6) is 0 Å². The van der Waals surface area contributed by atoms with Gasteiger partial charge < -0.3 is 5.11 Å². The highest BCUT2D eigenvalue weighted by molar-refractivity contribution is 7.07. The minimum Gasteiger partial charge on any atom is -0.388 e. The molecule has 1 aliphatic rings. The molecule has 2 nitrogen and oxygen atoms in total. The first kappa shape index (κ1) is 10.9. The highest BCUT2D eigenvalue weighted by Crippen LogP contribution is 2.35. The van der Waals surface area contributed by atoms with E-state index < -0.39 is 0 Å². The number of aliphatic hydroxyl groups is 1. The lowest BCUT2D eigenvalue weighted by atomic mass is 9.79. The van der Waals surface area contributed by atoms with Gasteiger partial charge in [-0.25, -0.2) is 4.98 Å². The second-order valence-corrected chi connectivity index (χ2v) is 5.34. The molecule has 3 rings (SSSR count). The second kappa shape index (κ2) is 4.59. The van der Waals surface area contributed by atoms with Crippen LogP contribution >= 0.6 is 11.3 Å². The molecule has 0 amide bonds. The molecule has 1 aliphatic carbocycles. The van der Waals surface area contributed by atoms with E-state index in [0.717, 1.165) is 30.5 Å². The van der Waals surface area contributed by atoms with Gasteiger partial charge in [-0.05, 0) is 36.3 Å². The minimum atomic E-state index is -0.332. The van der Waals surface area contributed by atoms with E-state index in [1.54, 1.807) is 11.3 Å². The molecule has 1 N–H and O–H groups in total. The molecular weight excluding hydrogens is 230 g/mol. The fraction of sp³-hybridized carbons (Fsp3) is 0.357. The van der Waals surface area contributed by atoms with Crippen LogP contribution < -0.4 is 0 Å². The summed E-state index contributed by atoms with van der Waals surface area (Å²) in [6.07, 6.45) is 2.68. The fourth-order valence-corrected chi connectivity index (χ4v) is 3.20. The van der Waals surface area contributed by atoms with Gasteiger partial charge >= 0.3 is 0 Å². The first-order valence-electron chi connectivity index (χ1n) is 5.97. The predicted molar refractivity (Wildman–Crippen MR) is 69.0 cm³/mol. The molecule has 0 saturated carbocycles. The van der Waals surface area contributed by atoms with Crippen molar-refractivity contribution in [3.05, 3.63) is 52.0 Å². The van der Waals surface area contributed by atoms with Gasteiger partial charge in [-0.2, -0.15) is 0 Å². The predicted octanol–water partition coefficient (Wildman–Crippen LogP) is 2.98. The molecule has 3 heteroatoms. The third-order valence-corrected chi connectivity index (χ3v) is 4.19. The first-order chi connectivity index (χ1) is 8.34. The summed E-state index contributed by atoms with van der Waals surface area (Å²) in [6, 6.07) is 8.23. The molecule has 2 atom stereocenters. The lowest BCUT2D eigenvalue weighted by Gasteiger charge is -2.29. The van der Waals surface area contributed by atoms with Crippen LogP contribution in [0.3, 0.4) is 0 Å². The van der Waals surface area contributed by atoms with E-state index in [-0.39, 0.29) is 6.10 Å². The van der Waals surface area contributed by atoms with Crippen LogP contribution in [-0.4, -0.2) is 10.1 Å². The van der Waals surface area contributed by atoms with Crippen LogP contribution in [0.25, 0.3) is 0 Å². The monoisotopic (exact) mass is 245 g/mol. The maximum absolute atomic E-state index is 10.4. The SMILES string of the molecule is OC1c2ccccc2CCC1Cc1cscn1. The Kier molecular flexibility index (Phi) is 2.95. The number of hydrogen-bond donors (Lipinski definition) is 1.